The zero-order valence-electron chi connectivity index (χ0n) is 12.1. The number of nitrogens with zero attached hydrogens (tertiary/aromatic N) is 1. The zero-order valence-corrected chi connectivity index (χ0v) is 12.9. The molecule has 1 fully saturated rings. The third kappa shape index (κ3) is 3.41. The Bertz CT molecular complexity index is 731. The summed E-state index contributed by atoms with van der Waals surface area (Å²) in [5.41, 5.74) is 1.35. The molecular weight excluding hydrogens is 319 g/mol. The average Bonchev–Trinajstić information content (AvgIpc) is 2.82. The van der Waals surface area contributed by atoms with Gasteiger partial charge in [-0.2, -0.15) is 0 Å². The lowest BCUT2D eigenvalue weighted by Gasteiger charge is -2.15. The van der Waals surface area contributed by atoms with Crippen LogP contribution in [0.2, 0.25) is 5.02 Å². The molecule has 1 N–H and O–H groups in total. The highest BCUT2D eigenvalue weighted by molar-refractivity contribution is 6.30. The standard InChI is InChI=1S/C17H14ClFN2O2/c18-12-3-1-11(2-4-12)10-20-15-9-16(22)21(17(15)23)14-7-5-13(19)6-8-14/h1-8,15,20H,9-10H2/t15-/m1/s1. The van der Waals surface area contributed by atoms with Crippen LogP contribution in [0.3, 0.4) is 0 Å². The van der Waals surface area contributed by atoms with Crippen molar-refractivity contribution in [3.8, 4) is 0 Å². The minimum absolute atomic E-state index is 0.0871. The molecule has 118 valence electrons. The quantitative estimate of drug-likeness (QED) is 0.876. The van der Waals surface area contributed by atoms with E-state index in [-0.39, 0.29) is 18.2 Å². The van der Waals surface area contributed by atoms with Gasteiger partial charge in [-0.05, 0) is 42.0 Å². The molecule has 0 unspecified atom stereocenters. The van der Waals surface area contributed by atoms with Gasteiger partial charge in [0.25, 0.3) is 5.91 Å². The molecule has 0 saturated carbocycles. The van der Waals surface area contributed by atoms with Gasteiger partial charge in [-0.15, -0.1) is 0 Å². The molecule has 1 heterocycles. The number of nitrogens with one attached hydrogen (secondary N) is 1. The molecule has 1 saturated heterocycles. The second-order valence-corrected chi connectivity index (χ2v) is 5.74. The number of hydrogen-bond acceptors (Lipinski definition) is 3. The number of hydrogen-bond donors (Lipinski definition) is 1. The summed E-state index contributed by atoms with van der Waals surface area (Å²) < 4.78 is 13.0. The first-order chi connectivity index (χ1) is 11.0. The molecular formula is C17H14ClFN2O2. The summed E-state index contributed by atoms with van der Waals surface area (Å²) in [7, 11) is 0. The molecule has 0 radical (unpaired) electrons. The van der Waals surface area contributed by atoms with E-state index in [4.69, 9.17) is 11.6 Å². The van der Waals surface area contributed by atoms with E-state index in [1.165, 1.54) is 24.3 Å². The van der Waals surface area contributed by atoms with Crippen molar-refractivity contribution in [3.05, 3.63) is 64.9 Å². The molecule has 1 atom stereocenters. The van der Waals surface area contributed by atoms with Crippen LogP contribution in [0, 0.1) is 5.82 Å². The summed E-state index contributed by atoms with van der Waals surface area (Å²) in [6.07, 6.45) is 0.0871. The molecule has 0 aliphatic carbocycles. The smallest absolute Gasteiger partial charge is 0.251 e. The summed E-state index contributed by atoms with van der Waals surface area (Å²) >= 11 is 5.83. The third-order valence-corrected chi connectivity index (χ3v) is 3.95. The van der Waals surface area contributed by atoms with Crippen molar-refractivity contribution in [2.24, 2.45) is 0 Å². The zero-order chi connectivity index (χ0) is 16.4. The predicted octanol–water partition coefficient (Wildman–Crippen LogP) is 2.90. The van der Waals surface area contributed by atoms with E-state index in [1.807, 2.05) is 12.1 Å². The van der Waals surface area contributed by atoms with Crippen molar-refractivity contribution in [1.82, 2.24) is 5.32 Å². The molecule has 23 heavy (non-hydrogen) atoms. The van der Waals surface area contributed by atoms with Gasteiger partial charge in [0.2, 0.25) is 5.91 Å². The predicted molar refractivity (Wildman–Crippen MR) is 85.6 cm³/mol. The first-order valence-corrected chi connectivity index (χ1v) is 7.52. The summed E-state index contributed by atoms with van der Waals surface area (Å²) in [6, 6.07) is 12.0. The summed E-state index contributed by atoms with van der Waals surface area (Å²) in [5, 5.41) is 3.72. The number of imide groups is 1. The molecule has 3 rings (SSSR count). The first kappa shape index (κ1) is 15.6. The molecule has 1 aliphatic rings. The van der Waals surface area contributed by atoms with Crippen LogP contribution >= 0.6 is 11.6 Å². The number of carbonyl (C=O) groups excluding carboxylic acids is 2. The largest absolute Gasteiger partial charge is 0.301 e. The highest BCUT2D eigenvalue weighted by Gasteiger charge is 2.39. The Morgan fingerprint density at radius 2 is 1.74 bits per heavy atom. The van der Waals surface area contributed by atoms with Gasteiger partial charge in [0.15, 0.2) is 0 Å². The second kappa shape index (κ2) is 6.48. The third-order valence-electron chi connectivity index (χ3n) is 3.70. The Kier molecular flexibility index (Phi) is 4.41. The molecule has 1 aliphatic heterocycles. The van der Waals surface area contributed by atoms with Crippen molar-refractivity contribution < 1.29 is 14.0 Å². The van der Waals surface area contributed by atoms with Crippen LogP contribution in [0.15, 0.2) is 48.5 Å². The molecule has 0 aromatic heterocycles. The van der Waals surface area contributed by atoms with Gasteiger partial charge in [-0.25, -0.2) is 9.29 Å². The number of rotatable bonds is 4. The van der Waals surface area contributed by atoms with E-state index in [0.29, 0.717) is 17.3 Å². The van der Waals surface area contributed by atoms with E-state index in [1.54, 1.807) is 12.1 Å². The lowest BCUT2D eigenvalue weighted by atomic mass is 10.2. The second-order valence-electron chi connectivity index (χ2n) is 5.31. The topological polar surface area (TPSA) is 49.4 Å². The van der Waals surface area contributed by atoms with Gasteiger partial charge in [0.05, 0.1) is 18.2 Å². The van der Waals surface area contributed by atoms with E-state index in [2.05, 4.69) is 5.32 Å². The Hall–Kier alpha value is -2.24. The highest BCUT2D eigenvalue weighted by Crippen LogP contribution is 2.23. The van der Waals surface area contributed by atoms with Gasteiger partial charge in [0, 0.05) is 11.6 Å². The number of anilines is 1. The van der Waals surface area contributed by atoms with Crippen LogP contribution in [0.5, 0.6) is 0 Å². The lowest BCUT2D eigenvalue weighted by molar-refractivity contribution is -0.121. The van der Waals surface area contributed by atoms with Crippen molar-refractivity contribution in [2.75, 3.05) is 4.90 Å². The van der Waals surface area contributed by atoms with Gasteiger partial charge in [-0.3, -0.25) is 9.59 Å². The fourth-order valence-electron chi connectivity index (χ4n) is 2.50. The number of halogens is 2. The van der Waals surface area contributed by atoms with Gasteiger partial charge < -0.3 is 5.32 Å². The maximum atomic E-state index is 13.0. The Labute approximate surface area is 137 Å². The maximum absolute atomic E-state index is 13.0. The Morgan fingerprint density at radius 3 is 2.39 bits per heavy atom. The minimum Gasteiger partial charge on any atom is -0.301 e. The average molecular weight is 333 g/mol. The lowest BCUT2D eigenvalue weighted by Crippen LogP contribution is -2.38. The van der Waals surface area contributed by atoms with Crippen LogP contribution in [0.25, 0.3) is 0 Å². The normalized spacial score (nSPS) is 17.8. The molecule has 0 bridgehead atoms. The monoisotopic (exact) mass is 332 g/mol. The van der Waals surface area contributed by atoms with Gasteiger partial charge in [0.1, 0.15) is 5.82 Å². The van der Waals surface area contributed by atoms with Crippen LogP contribution in [-0.2, 0) is 16.1 Å². The van der Waals surface area contributed by atoms with Crippen LogP contribution in [0.4, 0.5) is 10.1 Å². The van der Waals surface area contributed by atoms with Crippen molar-refractivity contribution in [2.45, 2.75) is 19.0 Å². The Morgan fingerprint density at radius 1 is 1.09 bits per heavy atom. The number of carbonyl (C=O) groups is 2. The number of amides is 2. The van der Waals surface area contributed by atoms with Crippen LogP contribution < -0.4 is 10.2 Å². The first-order valence-electron chi connectivity index (χ1n) is 7.15. The van der Waals surface area contributed by atoms with Crippen LogP contribution in [0.1, 0.15) is 12.0 Å². The summed E-state index contributed by atoms with van der Waals surface area (Å²) in [5.74, 6) is -1.03. The van der Waals surface area contributed by atoms with E-state index >= 15 is 0 Å². The van der Waals surface area contributed by atoms with E-state index in [0.717, 1.165) is 10.5 Å². The molecule has 2 aromatic carbocycles. The molecule has 2 aromatic rings. The SMILES string of the molecule is O=C1C[C@@H](NCc2ccc(Cl)cc2)C(=O)N1c1ccc(F)cc1. The molecule has 2 amide bonds. The fraction of sp³-hybridized carbons (Fsp3) is 0.176. The molecule has 0 spiro atoms. The van der Waals surface area contributed by atoms with Crippen molar-refractivity contribution >= 4 is 29.1 Å². The Balaban J connectivity index is 1.68. The fourth-order valence-corrected chi connectivity index (χ4v) is 2.62. The van der Waals surface area contributed by atoms with Gasteiger partial charge >= 0.3 is 0 Å². The van der Waals surface area contributed by atoms with Crippen LogP contribution in [-0.4, -0.2) is 17.9 Å². The summed E-state index contributed by atoms with van der Waals surface area (Å²) in [6.45, 7) is 0.456. The molecule has 6 heteroatoms. The van der Waals surface area contributed by atoms with E-state index < -0.39 is 11.9 Å². The van der Waals surface area contributed by atoms with Crippen molar-refractivity contribution in [1.29, 1.82) is 0 Å². The van der Waals surface area contributed by atoms with Gasteiger partial charge in [-0.1, -0.05) is 23.7 Å². The van der Waals surface area contributed by atoms with Crippen molar-refractivity contribution in [3.63, 3.8) is 0 Å². The van der Waals surface area contributed by atoms with E-state index in [9.17, 15) is 14.0 Å². The summed E-state index contributed by atoms with van der Waals surface area (Å²) in [4.78, 5) is 25.6. The number of benzene rings is 2. The minimum atomic E-state index is -0.580. The molecule has 4 nitrogen and oxygen atoms in total. The highest BCUT2D eigenvalue weighted by atomic mass is 35.5. The maximum Gasteiger partial charge on any atom is 0.251 e.